The maximum Gasteiger partial charge on any atom is 0.138 e. The first kappa shape index (κ1) is 16.0. The average molecular weight is 307 g/mol. The molecule has 1 aromatic heterocycles. The molecular weight excluding hydrogens is 284 g/mol. The van der Waals surface area contributed by atoms with Crippen LogP contribution in [0.3, 0.4) is 0 Å². The summed E-state index contributed by atoms with van der Waals surface area (Å²) >= 11 is 6.25. The minimum Gasteiger partial charge on any atom is -0.316 e. The first-order valence-corrected chi connectivity index (χ1v) is 7.75. The number of aromatic nitrogens is 3. The summed E-state index contributed by atoms with van der Waals surface area (Å²) in [7, 11) is 1.98. The van der Waals surface area contributed by atoms with Gasteiger partial charge in [-0.1, -0.05) is 43.6 Å². The molecule has 0 radical (unpaired) electrons. The lowest BCUT2D eigenvalue weighted by atomic mass is 10.0. The molecule has 2 aromatic rings. The van der Waals surface area contributed by atoms with Crippen LogP contribution in [0.25, 0.3) is 0 Å². The van der Waals surface area contributed by atoms with Gasteiger partial charge in [0.15, 0.2) is 0 Å². The lowest BCUT2D eigenvalue weighted by Crippen LogP contribution is -2.31. The summed E-state index contributed by atoms with van der Waals surface area (Å²) in [6.45, 7) is 5.27. The second-order valence-electron chi connectivity index (χ2n) is 5.74. The summed E-state index contributed by atoms with van der Waals surface area (Å²) in [6.07, 6.45) is 3.36. The minimum absolute atomic E-state index is 0.292. The predicted molar refractivity (Wildman–Crippen MR) is 86.6 cm³/mol. The predicted octanol–water partition coefficient (Wildman–Crippen LogP) is 2.96. The summed E-state index contributed by atoms with van der Waals surface area (Å²) in [5, 5.41) is 8.50. The molecule has 0 saturated heterocycles. The van der Waals surface area contributed by atoms with E-state index in [1.165, 1.54) is 0 Å². The number of nitrogens with zero attached hydrogens (tertiary/aromatic N) is 3. The van der Waals surface area contributed by atoms with Crippen molar-refractivity contribution in [3.63, 3.8) is 0 Å². The molecule has 5 heteroatoms. The molecule has 2 rings (SSSR count). The molecule has 0 amide bonds. The van der Waals surface area contributed by atoms with Gasteiger partial charge in [-0.15, -0.1) is 0 Å². The van der Waals surface area contributed by atoms with Gasteiger partial charge in [-0.2, -0.15) is 5.10 Å². The lowest BCUT2D eigenvalue weighted by molar-refractivity contribution is 0.447. The maximum absolute atomic E-state index is 6.25. The maximum atomic E-state index is 6.25. The van der Waals surface area contributed by atoms with E-state index in [0.717, 1.165) is 35.8 Å². The lowest BCUT2D eigenvalue weighted by Gasteiger charge is -2.17. The summed E-state index contributed by atoms with van der Waals surface area (Å²) < 4.78 is 2.00. The monoisotopic (exact) mass is 306 g/mol. The number of nitrogens with one attached hydrogen (secondary N) is 1. The van der Waals surface area contributed by atoms with Crippen molar-refractivity contribution in [3.05, 3.63) is 47.0 Å². The highest BCUT2D eigenvalue weighted by molar-refractivity contribution is 6.31. The molecule has 0 spiro atoms. The summed E-state index contributed by atoms with van der Waals surface area (Å²) in [6, 6.07) is 8.28. The second kappa shape index (κ2) is 7.57. The number of hydrogen-bond acceptors (Lipinski definition) is 3. The van der Waals surface area contributed by atoms with Crippen molar-refractivity contribution in [1.29, 1.82) is 0 Å². The third-order valence-electron chi connectivity index (χ3n) is 3.50. The van der Waals surface area contributed by atoms with Gasteiger partial charge in [0.25, 0.3) is 0 Å². The van der Waals surface area contributed by atoms with Crippen molar-refractivity contribution in [2.45, 2.75) is 39.3 Å². The molecule has 1 N–H and O–H groups in total. The fourth-order valence-electron chi connectivity index (χ4n) is 2.37. The molecule has 21 heavy (non-hydrogen) atoms. The Morgan fingerprint density at radius 2 is 2.00 bits per heavy atom. The molecule has 114 valence electrons. The van der Waals surface area contributed by atoms with Crippen LogP contribution >= 0.6 is 11.6 Å². The van der Waals surface area contributed by atoms with E-state index in [1.54, 1.807) is 6.33 Å². The molecule has 1 atom stereocenters. The number of hydrogen-bond donors (Lipinski definition) is 1. The molecule has 0 aliphatic rings. The van der Waals surface area contributed by atoms with Crippen LogP contribution in [0, 0.1) is 5.92 Å². The van der Waals surface area contributed by atoms with Gasteiger partial charge in [0.2, 0.25) is 0 Å². The molecule has 0 aliphatic carbocycles. The SMILES string of the molecule is CNC(Cc1ccccc1Cl)Cc1ncnn1CC(C)C. The standard InChI is InChI=1S/C16H23ClN4/c1-12(2)10-21-16(19-11-20-21)9-14(18-3)8-13-6-4-5-7-15(13)17/h4-7,11-12,14,18H,8-10H2,1-3H3. The first-order valence-electron chi connectivity index (χ1n) is 7.37. The smallest absolute Gasteiger partial charge is 0.138 e. The summed E-state index contributed by atoms with van der Waals surface area (Å²) in [5.41, 5.74) is 1.16. The van der Waals surface area contributed by atoms with Crippen molar-refractivity contribution < 1.29 is 0 Å². The van der Waals surface area contributed by atoms with E-state index in [9.17, 15) is 0 Å². The Morgan fingerprint density at radius 3 is 2.67 bits per heavy atom. The van der Waals surface area contributed by atoms with Crippen molar-refractivity contribution in [2.24, 2.45) is 5.92 Å². The van der Waals surface area contributed by atoms with E-state index >= 15 is 0 Å². The molecule has 1 heterocycles. The van der Waals surface area contributed by atoms with E-state index in [1.807, 2.05) is 29.9 Å². The van der Waals surface area contributed by atoms with E-state index < -0.39 is 0 Å². The van der Waals surface area contributed by atoms with Gasteiger partial charge in [-0.3, -0.25) is 0 Å². The zero-order valence-electron chi connectivity index (χ0n) is 12.9. The highest BCUT2D eigenvalue weighted by atomic mass is 35.5. The van der Waals surface area contributed by atoms with Crippen LogP contribution in [0.4, 0.5) is 0 Å². The van der Waals surface area contributed by atoms with Crippen LogP contribution in [0.15, 0.2) is 30.6 Å². The summed E-state index contributed by atoms with van der Waals surface area (Å²) in [5.74, 6) is 1.58. The largest absolute Gasteiger partial charge is 0.316 e. The molecule has 0 aliphatic heterocycles. The van der Waals surface area contributed by atoms with Gasteiger partial charge in [0.05, 0.1) is 0 Å². The Kier molecular flexibility index (Phi) is 5.76. The fraction of sp³-hybridized carbons (Fsp3) is 0.500. The normalized spacial score (nSPS) is 12.8. The van der Waals surface area contributed by atoms with E-state index in [4.69, 9.17) is 11.6 Å². The average Bonchev–Trinajstić information content (AvgIpc) is 2.86. The first-order chi connectivity index (χ1) is 10.1. The van der Waals surface area contributed by atoms with Gasteiger partial charge in [0, 0.05) is 24.0 Å². The molecule has 0 bridgehead atoms. The second-order valence-corrected chi connectivity index (χ2v) is 6.14. The van der Waals surface area contributed by atoms with Crippen molar-refractivity contribution in [2.75, 3.05) is 7.05 Å². The molecule has 0 fully saturated rings. The Bertz CT molecular complexity index is 565. The van der Waals surface area contributed by atoms with Gasteiger partial charge >= 0.3 is 0 Å². The van der Waals surface area contributed by atoms with Gasteiger partial charge in [0.1, 0.15) is 12.2 Å². The van der Waals surface area contributed by atoms with Crippen LogP contribution < -0.4 is 5.32 Å². The molecular formula is C16H23ClN4. The Balaban J connectivity index is 2.06. The van der Waals surface area contributed by atoms with E-state index in [0.29, 0.717) is 12.0 Å². The highest BCUT2D eigenvalue weighted by Gasteiger charge is 2.14. The quantitative estimate of drug-likeness (QED) is 0.855. The third-order valence-corrected chi connectivity index (χ3v) is 3.86. The van der Waals surface area contributed by atoms with Crippen molar-refractivity contribution >= 4 is 11.6 Å². The Hall–Kier alpha value is -1.39. The van der Waals surface area contributed by atoms with Gasteiger partial charge in [-0.05, 0) is 31.0 Å². The van der Waals surface area contributed by atoms with Crippen molar-refractivity contribution in [1.82, 2.24) is 20.1 Å². The summed E-state index contributed by atoms with van der Waals surface area (Å²) in [4.78, 5) is 4.40. The topological polar surface area (TPSA) is 42.7 Å². The van der Waals surface area contributed by atoms with Crippen LogP contribution in [-0.2, 0) is 19.4 Å². The Labute approximate surface area is 131 Å². The van der Waals surface area contributed by atoms with E-state index in [-0.39, 0.29) is 0 Å². The van der Waals surface area contributed by atoms with Crippen molar-refractivity contribution in [3.8, 4) is 0 Å². The number of benzene rings is 1. The van der Waals surface area contributed by atoms with Crippen LogP contribution in [0.2, 0.25) is 5.02 Å². The van der Waals surface area contributed by atoms with Crippen LogP contribution in [0.5, 0.6) is 0 Å². The molecule has 1 aromatic carbocycles. The minimum atomic E-state index is 0.292. The molecule has 1 unspecified atom stereocenters. The van der Waals surface area contributed by atoms with Crippen LogP contribution in [-0.4, -0.2) is 27.9 Å². The fourth-order valence-corrected chi connectivity index (χ4v) is 2.58. The van der Waals surface area contributed by atoms with Gasteiger partial charge in [-0.25, -0.2) is 9.67 Å². The van der Waals surface area contributed by atoms with Gasteiger partial charge < -0.3 is 5.32 Å². The number of rotatable bonds is 7. The zero-order valence-corrected chi connectivity index (χ0v) is 13.6. The number of likely N-dealkylation sites (N-methyl/N-ethyl adjacent to an activating group) is 1. The van der Waals surface area contributed by atoms with E-state index in [2.05, 4.69) is 35.3 Å². The molecule has 4 nitrogen and oxygen atoms in total. The third kappa shape index (κ3) is 4.55. The van der Waals surface area contributed by atoms with Crippen LogP contribution in [0.1, 0.15) is 25.2 Å². The highest BCUT2D eigenvalue weighted by Crippen LogP contribution is 2.17. The number of halogens is 1. The molecule has 0 saturated carbocycles. The Morgan fingerprint density at radius 1 is 1.24 bits per heavy atom. The zero-order chi connectivity index (χ0) is 15.2.